The quantitative estimate of drug-likeness (QED) is 0.200. The van der Waals surface area contributed by atoms with Crippen molar-refractivity contribution >= 4 is 47.9 Å². The molecule has 160 valence electrons. The molecule has 0 saturated heterocycles. The second-order valence-corrected chi connectivity index (χ2v) is 6.64. The molecule has 0 atom stereocenters. The van der Waals surface area contributed by atoms with Crippen molar-refractivity contribution in [2.75, 3.05) is 14.2 Å². The molecule has 0 saturated carbocycles. The zero-order valence-electron chi connectivity index (χ0n) is 18.5. The molecule has 6 rings (SSSR count). The molecule has 0 aromatic heterocycles. The van der Waals surface area contributed by atoms with E-state index in [0.717, 1.165) is 14.2 Å². The van der Waals surface area contributed by atoms with E-state index in [9.17, 15) is 0 Å². The Kier molecular flexibility index (Phi) is 10.7. The predicted octanol–water partition coefficient (Wildman–Crippen LogP) is 6.61. The van der Waals surface area contributed by atoms with E-state index in [1.165, 1.54) is 43.1 Å². The standard InChI is InChI=1S/2C13H9.2CH4O.CH2.Ti/c2*1-3-7-12-10(5-1)9-11-6-2-4-8-13(11)12;2*1-2;;/h2*1-9H;2*2H,1H3;1H2;/q2*-1;;;;+2. The monoisotopic (exact) mass is 456 g/mol. The minimum Gasteiger partial charge on any atom is -0.126 e. The van der Waals surface area contributed by atoms with Crippen LogP contribution in [-0.2, 0) is 20.0 Å². The van der Waals surface area contributed by atoms with Crippen LogP contribution in [0.2, 0.25) is 0 Å². The number of hydrogen-bond acceptors (Lipinski definition) is 2. The summed E-state index contributed by atoms with van der Waals surface area (Å²) < 4.78 is 0. The molecular formula is C29H28O2Ti. The summed E-state index contributed by atoms with van der Waals surface area (Å²) >= 11 is 1.75. The summed E-state index contributed by atoms with van der Waals surface area (Å²) in [5, 5.41) is 24.8. The number of hydrogen-bond donors (Lipinski definition) is 2. The summed E-state index contributed by atoms with van der Waals surface area (Å²) in [4.78, 5) is 3.25. The van der Waals surface area contributed by atoms with Gasteiger partial charge in [-0.1, -0.05) is 72.8 Å². The van der Waals surface area contributed by atoms with Gasteiger partial charge < -0.3 is 10.2 Å². The van der Waals surface area contributed by atoms with Gasteiger partial charge in [-0.25, -0.2) is 0 Å². The zero-order valence-corrected chi connectivity index (χ0v) is 20.1. The molecule has 0 amide bonds. The van der Waals surface area contributed by atoms with Gasteiger partial charge in [-0.15, -0.1) is 79.5 Å². The molecule has 0 unspecified atom stereocenters. The number of aliphatic hydroxyl groups excluding tert-OH is 2. The third-order valence-corrected chi connectivity index (χ3v) is 5.05. The van der Waals surface area contributed by atoms with E-state index in [1.807, 2.05) is 0 Å². The number of rotatable bonds is 0. The first-order valence-corrected chi connectivity index (χ1v) is 11.3. The smallest absolute Gasteiger partial charge is 0.0771 e. The maximum Gasteiger partial charge on any atom is -0.0771 e. The molecule has 0 radical (unpaired) electrons. The molecule has 0 aliphatic rings. The predicted molar refractivity (Wildman–Crippen MR) is 138 cm³/mol. The Morgan fingerprint density at radius 2 is 0.625 bits per heavy atom. The van der Waals surface area contributed by atoms with Crippen LogP contribution in [0, 0.1) is 0 Å². The fraction of sp³-hybridized carbons (Fsp3) is 0.0690. The minimum atomic E-state index is 1.00. The van der Waals surface area contributed by atoms with Crippen molar-refractivity contribution < 1.29 is 30.2 Å². The molecule has 0 bridgehead atoms. The normalized spacial score (nSPS) is 9.56. The molecule has 0 fully saturated rings. The molecule has 0 heterocycles. The maximum absolute atomic E-state index is 7.00. The summed E-state index contributed by atoms with van der Waals surface area (Å²) in [5.74, 6) is 0. The van der Waals surface area contributed by atoms with Crippen molar-refractivity contribution in [3.05, 3.63) is 109 Å². The molecular weight excluding hydrogens is 428 g/mol. The summed E-state index contributed by atoms with van der Waals surface area (Å²) in [6.07, 6.45) is 0. The molecule has 0 spiro atoms. The average molecular weight is 456 g/mol. The van der Waals surface area contributed by atoms with Crippen LogP contribution in [0.5, 0.6) is 0 Å². The average Bonchev–Trinajstić information content (AvgIpc) is 3.46. The van der Waals surface area contributed by atoms with E-state index in [1.54, 1.807) is 20.0 Å². The molecule has 0 aliphatic carbocycles. The van der Waals surface area contributed by atoms with Gasteiger partial charge in [0.05, 0.1) is 0 Å². The Hall–Kier alpha value is -2.88. The van der Waals surface area contributed by atoms with Gasteiger partial charge in [0.25, 0.3) is 0 Å². The molecule has 3 heteroatoms. The van der Waals surface area contributed by atoms with Gasteiger partial charge in [-0.2, -0.15) is 0 Å². The number of benzene rings is 4. The first-order valence-electron chi connectivity index (χ1n) is 10.2. The van der Waals surface area contributed by atoms with Crippen molar-refractivity contribution in [1.29, 1.82) is 0 Å². The van der Waals surface area contributed by atoms with Crippen LogP contribution in [0.25, 0.3) is 43.1 Å². The fourth-order valence-corrected chi connectivity index (χ4v) is 3.81. The van der Waals surface area contributed by atoms with Gasteiger partial charge in [0.2, 0.25) is 0 Å². The van der Waals surface area contributed by atoms with Crippen molar-refractivity contribution in [3.8, 4) is 0 Å². The second kappa shape index (κ2) is 13.5. The van der Waals surface area contributed by atoms with Crippen molar-refractivity contribution in [1.82, 2.24) is 0 Å². The Balaban J connectivity index is 0.000000185. The van der Waals surface area contributed by atoms with E-state index in [0.29, 0.717) is 0 Å². The van der Waals surface area contributed by atoms with Crippen LogP contribution in [0.4, 0.5) is 0 Å². The van der Waals surface area contributed by atoms with Crippen LogP contribution in [-0.4, -0.2) is 29.2 Å². The Labute approximate surface area is 201 Å². The van der Waals surface area contributed by atoms with E-state index in [-0.39, 0.29) is 0 Å². The van der Waals surface area contributed by atoms with Crippen LogP contribution in [0.1, 0.15) is 0 Å². The summed E-state index contributed by atoms with van der Waals surface area (Å²) in [5.41, 5.74) is 0. The summed E-state index contributed by atoms with van der Waals surface area (Å²) in [6, 6.07) is 38.5. The van der Waals surface area contributed by atoms with E-state index >= 15 is 0 Å². The van der Waals surface area contributed by atoms with Gasteiger partial charge in [-0.3, -0.25) is 0 Å². The molecule has 0 aliphatic heterocycles. The minimum absolute atomic E-state index is 1.00. The van der Waals surface area contributed by atoms with Gasteiger partial charge in [0, 0.05) is 14.2 Å². The number of aliphatic hydroxyl groups is 2. The third-order valence-electron chi connectivity index (χ3n) is 5.05. The largest absolute Gasteiger partial charge is 0.126 e. The third kappa shape index (κ3) is 5.67. The van der Waals surface area contributed by atoms with Crippen LogP contribution in [0.3, 0.4) is 0 Å². The molecule has 2 nitrogen and oxygen atoms in total. The van der Waals surface area contributed by atoms with E-state index in [2.05, 4.69) is 114 Å². The Morgan fingerprint density at radius 3 is 0.844 bits per heavy atom. The Morgan fingerprint density at radius 1 is 0.438 bits per heavy atom. The maximum atomic E-state index is 7.00. The first kappa shape index (κ1) is 25.4. The molecule has 2 N–H and O–H groups in total. The van der Waals surface area contributed by atoms with Crippen LogP contribution < -0.4 is 0 Å². The topological polar surface area (TPSA) is 40.5 Å². The van der Waals surface area contributed by atoms with Crippen molar-refractivity contribution in [2.24, 2.45) is 0 Å². The number of fused-ring (bicyclic) bond motifs is 6. The molecule has 32 heavy (non-hydrogen) atoms. The van der Waals surface area contributed by atoms with E-state index in [4.69, 9.17) is 10.2 Å². The van der Waals surface area contributed by atoms with Gasteiger partial charge in [0.15, 0.2) is 0 Å². The van der Waals surface area contributed by atoms with Crippen molar-refractivity contribution in [2.45, 2.75) is 0 Å². The van der Waals surface area contributed by atoms with Gasteiger partial charge in [-0.05, 0) is 0 Å². The Bertz CT molecular complexity index is 1150. The molecule has 6 aromatic carbocycles. The van der Waals surface area contributed by atoms with Crippen LogP contribution in [0.15, 0.2) is 109 Å². The van der Waals surface area contributed by atoms with Crippen LogP contribution >= 0.6 is 0 Å². The SMILES string of the molecule is CO.CO.[CH2]=[Ti+2].c1ccc2c(c1)[cH-]c1ccccc12.c1ccc2c(c1)[cH-]c1ccccc12. The van der Waals surface area contributed by atoms with Gasteiger partial charge in [0.1, 0.15) is 0 Å². The van der Waals surface area contributed by atoms with E-state index < -0.39 is 0 Å². The fourth-order valence-electron chi connectivity index (χ4n) is 3.81. The second-order valence-electron chi connectivity index (χ2n) is 6.64. The summed E-state index contributed by atoms with van der Waals surface area (Å²) in [7, 11) is 2.00. The van der Waals surface area contributed by atoms with Gasteiger partial charge >= 0.3 is 24.8 Å². The molecule has 6 aromatic rings. The first-order chi connectivity index (χ1) is 15.9. The van der Waals surface area contributed by atoms with Crippen molar-refractivity contribution in [3.63, 3.8) is 0 Å². The summed E-state index contributed by atoms with van der Waals surface area (Å²) in [6.45, 7) is 0. The zero-order chi connectivity index (χ0) is 23.3.